The first-order chi connectivity index (χ1) is 18.5. The molecule has 7 nitrogen and oxygen atoms in total. The minimum Gasteiger partial charge on any atom is -1.00 e. The van der Waals surface area contributed by atoms with Crippen LogP contribution in [0.25, 0.3) is 11.5 Å². The second-order valence-electron chi connectivity index (χ2n) is 10.00. The number of esters is 1. The quantitative estimate of drug-likeness (QED) is 0.294. The van der Waals surface area contributed by atoms with E-state index in [2.05, 4.69) is 15.5 Å². The zero-order valence-corrected chi connectivity index (χ0v) is 22.6. The van der Waals surface area contributed by atoms with E-state index in [1.54, 1.807) is 6.07 Å². The van der Waals surface area contributed by atoms with Crippen LogP contribution in [0.1, 0.15) is 25.6 Å². The second kappa shape index (κ2) is 12.9. The molecule has 3 aliphatic heterocycles. The van der Waals surface area contributed by atoms with Gasteiger partial charge in [-0.25, -0.2) is 4.39 Å². The predicted octanol–water partition coefficient (Wildman–Crippen LogP) is 2.98. The van der Waals surface area contributed by atoms with E-state index >= 15 is 0 Å². The summed E-state index contributed by atoms with van der Waals surface area (Å²) in [6.07, 6.45) is 2.23. The third-order valence-electron chi connectivity index (χ3n) is 7.21. The van der Waals surface area contributed by atoms with Gasteiger partial charge in [-0.2, -0.15) is 4.98 Å². The van der Waals surface area contributed by atoms with E-state index in [0.29, 0.717) is 11.8 Å². The molecule has 4 heterocycles. The number of hydrogen-bond acceptors (Lipinski definition) is 6. The maximum Gasteiger partial charge on any atom is 0.303 e. The smallest absolute Gasteiger partial charge is 0.303 e. The van der Waals surface area contributed by atoms with Gasteiger partial charge < -0.3 is 31.5 Å². The molecule has 7 rings (SSSR count). The normalized spacial score (nSPS) is 21.2. The summed E-state index contributed by atoms with van der Waals surface area (Å²) in [6, 6.07) is 25.9. The van der Waals surface area contributed by atoms with Crippen molar-refractivity contribution in [3.05, 3.63) is 96.6 Å². The Hall–Kier alpha value is -3.75. The number of quaternary nitrogens is 1. The van der Waals surface area contributed by atoms with Crippen LogP contribution in [0.5, 0.6) is 0 Å². The molecular formula is C30H32ClFN4O3. The number of para-hydroxylation sites is 1. The molecular weight excluding hydrogens is 519 g/mol. The molecule has 3 aliphatic rings. The standard InChI is InChI=1S/C18H22N3O3.C12H10FN.ClH/c1-13(22)23-16-11-21(9-7-14(16)8-10-21)12-17-19-18(24-20-17)15-5-3-2-4-6-15;13-10-5-4-8-12(9-10)14-11-6-2-1-3-7-11;/h2-6,14,16H,7-12H2,1H3;1-9,14H;1H/q+1;;/p-1. The highest BCUT2D eigenvalue weighted by Crippen LogP contribution is 2.37. The molecule has 1 unspecified atom stereocenters. The number of carbonyl (C=O) groups excluding carboxylic acids is 1. The summed E-state index contributed by atoms with van der Waals surface area (Å²) in [7, 11) is 0. The Kier molecular flexibility index (Phi) is 9.32. The summed E-state index contributed by atoms with van der Waals surface area (Å²) in [6.45, 7) is 5.28. The van der Waals surface area contributed by atoms with Crippen LogP contribution in [0.2, 0.25) is 0 Å². The molecule has 3 aromatic carbocycles. The number of anilines is 2. The van der Waals surface area contributed by atoms with Gasteiger partial charge in [0.1, 0.15) is 18.9 Å². The lowest BCUT2D eigenvalue weighted by Crippen LogP contribution is -3.00. The van der Waals surface area contributed by atoms with Crippen molar-refractivity contribution in [1.29, 1.82) is 0 Å². The minimum absolute atomic E-state index is 0. The van der Waals surface area contributed by atoms with E-state index in [1.165, 1.54) is 19.1 Å². The summed E-state index contributed by atoms with van der Waals surface area (Å²) in [4.78, 5) is 15.9. The molecule has 1 atom stereocenters. The summed E-state index contributed by atoms with van der Waals surface area (Å²) in [5.74, 6) is 1.39. The number of aromatic nitrogens is 2. The molecule has 0 spiro atoms. The van der Waals surface area contributed by atoms with Gasteiger partial charge in [-0.15, -0.1) is 0 Å². The molecule has 39 heavy (non-hydrogen) atoms. The largest absolute Gasteiger partial charge is 1.00 e. The SMILES string of the molecule is CC(=O)OC1C[N+]2(Cc3noc(-c4ccccc4)n3)CCC1CC2.Fc1cccc(Nc2ccccc2)c1.[Cl-]. The first-order valence-electron chi connectivity index (χ1n) is 13.0. The fourth-order valence-corrected chi connectivity index (χ4v) is 5.36. The second-order valence-corrected chi connectivity index (χ2v) is 10.00. The van der Waals surface area contributed by atoms with E-state index in [1.807, 2.05) is 66.7 Å². The van der Waals surface area contributed by atoms with Crippen molar-refractivity contribution in [2.24, 2.45) is 5.92 Å². The highest BCUT2D eigenvalue weighted by atomic mass is 35.5. The number of benzene rings is 3. The molecule has 1 aromatic heterocycles. The molecule has 0 aliphatic carbocycles. The van der Waals surface area contributed by atoms with Crippen LogP contribution >= 0.6 is 0 Å². The Morgan fingerprint density at radius 1 is 1.00 bits per heavy atom. The first-order valence-corrected chi connectivity index (χ1v) is 13.0. The van der Waals surface area contributed by atoms with E-state index in [0.717, 1.165) is 66.3 Å². The van der Waals surface area contributed by atoms with Crippen molar-refractivity contribution in [2.75, 3.05) is 25.0 Å². The summed E-state index contributed by atoms with van der Waals surface area (Å²) >= 11 is 0. The maximum absolute atomic E-state index is 12.8. The zero-order chi connectivity index (χ0) is 26.4. The molecule has 0 amide bonds. The average molecular weight is 551 g/mol. The highest BCUT2D eigenvalue weighted by Gasteiger charge is 2.48. The van der Waals surface area contributed by atoms with Crippen molar-refractivity contribution >= 4 is 17.3 Å². The average Bonchev–Trinajstić information content (AvgIpc) is 3.38. The zero-order valence-electron chi connectivity index (χ0n) is 21.8. The lowest BCUT2D eigenvalue weighted by atomic mass is 9.83. The Bertz CT molecular complexity index is 1340. The molecule has 3 fully saturated rings. The maximum atomic E-state index is 12.8. The van der Waals surface area contributed by atoms with Crippen LogP contribution in [0.3, 0.4) is 0 Å². The van der Waals surface area contributed by atoms with Crippen LogP contribution in [0.4, 0.5) is 15.8 Å². The number of nitrogens with zero attached hydrogens (tertiary/aromatic N) is 3. The van der Waals surface area contributed by atoms with Gasteiger partial charge >= 0.3 is 5.97 Å². The van der Waals surface area contributed by atoms with E-state index < -0.39 is 0 Å². The molecule has 1 N–H and O–H groups in total. The van der Waals surface area contributed by atoms with Crippen LogP contribution in [0.15, 0.2) is 89.5 Å². The lowest BCUT2D eigenvalue weighted by Gasteiger charge is -2.51. The topological polar surface area (TPSA) is 77.2 Å². The number of halogens is 2. The monoisotopic (exact) mass is 550 g/mol. The van der Waals surface area contributed by atoms with Gasteiger partial charge in [-0.1, -0.05) is 47.6 Å². The number of carbonyl (C=O) groups is 1. The van der Waals surface area contributed by atoms with Crippen molar-refractivity contribution in [1.82, 2.24) is 10.1 Å². The van der Waals surface area contributed by atoms with Gasteiger partial charge in [0.05, 0.1) is 13.1 Å². The summed E-state index contributed by atoms with van der Waals surface area (Å²) in [5.41, 5.74) is 2.65. The highest BCUT2D eigenvalue weighted by molar-refractivity contribution is 5.66. The molecule has 204 valence electrons. The molecule has 0 saturated carbocycles. The number of piperidine rings is 3. The summed E-state index contributed by atoms with van der Waals surface area (Å²) in [5, 5.41) is 7.28. The minimum atomic E-state index is -0.231. The number of fused-ring (bicyclic) bond motifs is 3. The Morgan fingerprint density at radius 2 is 1.67 bits per heavy atom. The summed E-state index contributed by atoms with van der Waals surface area (Å²) < 4.78 is 24.7. The molecule has 3 saturated heterocycles. The number of nitrogens with one attached hydrogen (secondary N) is 1. The van der Waals surface area contributed by atoms with Gasteiger partial charge in [0, 0.05) is 42.6 Å². The van der Waals surface area contributed by atoms with E-state index in [-0.39, 0.29) is 30.3 Å². The van der Waals surface area contributed by atoms with Crippen LogP contribution in [0, 0.1) is 11.7 Å². The molecule has 9 heteroatoms. The lowest BCUT2D eigenvalue weighted by molar-refractivity contribution is -0.958. The Labute approximate surface area is 234 Å². The number of hydrogen-bond donors (Lipinski definition) is 1. The van der Waals surface area contributed by atoms with E-state index in [9.17, 15) is 9.18 Å². The van der Waals surface area contributed by atoms with Gasteiger partial charge in [0.15, 0.2) is 6.10 Å². The fourth-order valence-electron chi connectivity index (χ4n) is 5.36. The Balaban J connectivity index is 0.000000202. The van der Waals surface area contributed by atoms with Crippen molar-refractivity contribution in [3.63, 3.8) is 0 Å². The fraction of sp³-hybridized carbons (Fsp3) is 0.300. The van der Waals surface area contributed by atoms with Crippen molar-refractivity contribution in [3.8, 4) is 11.5 Å². The number of rotatable bonds is 6. The first kappa shape index (κ1) is 28.3. The van der Waals surface area contributed by atoms with Gasteiger partial charge in [0.2, 0.25) is 5.82 Å². The van der Waals surface area contributed by atoms with Crippen LogP contribution in [-0.2, 0) is 16.1 Å². The van der Waals surface area contributed by atoms with Crippen molar-refractivity contribution < 1.29 is 35.3 Å². The van der Waals surface area contributed by atoms with Crippen molar-refractivity contribution in [2.45, 2.75) is 32.4 Å². The molecule has 0 radical (unpaired) electrons. The third-order valence-corrected chi connectivity index (χ3v) is 7.21. The van der Waals surface area contributed by atoms with Gasteiger partial charge in [-0.3, -0.25) is 4.79 Å². The predicted molar refractivity (Wildman–Crippen MR) is 143 cm³/mol. The third kappa shape index (κ3) is 7.43. The number of ether oxygens (including phenoxy) is 1. The molecule has 2 bridgehead atoms. The van der Waals surface area contributed by atoms with Gasteiger partial charge in [-0.05, 0) is 42.5 Å². The van der Waals surface area contributed by atoms with Crippen LogP contribution < -0.4 is 17.7 Å². The van der Waals surface area contributed by atoms with E-state index in [4.69, 9.17) is 9.26 Å². The Morgan fingerprint density at radius 3 is 2.33 bits per heavy atom. The molecule has 4 aromatic rings. The van der Waals surface area contributed by atoms with Crippen LogP contribution in [-0.4, -0.2) is 46.3 Å². The van der Waals surface area contributed by atoms with Gasteiger partial charge in [0.25, 0.3) is 5.89 Å².